The number of aryl methyl sites for hydroxylation is 1. The maximum absolute atomic E-state index is 12.0. The van der Waals surface area contributed by atoms with Gasteiger partial charge in [0.2, 0.25) is 5.91 Å². The van der Waals surface area contributed by atoms with Crippen molar-refractivity contribution < 1.29 is 19.1 Å². The molecule has 0 aromatic heterocycles. The molecule has 6 nitrogen and oxygen atoms in total. The van der Waals surface area contributed by atoms with Gasteiger partial charge in [-0.2, -0.15) is 0 Å². The fourth-order valence-corrected chi connectivity index (χ4v) is 2.26. The number of likely N-dealkylation sites (N-methyl/N-ethyl adjacent to an activating group) is 1. The van der Waals surface area contributed by atoms with E-state index in [1.165, 1.54) is 18.0 Å². The summed E-state index contributed by atoms with van der Waals surface area (Å²) < 4.78 is 5.74. The van der Waals surface area contributed by atoms with Crippen LogP contribution >= 0.6 is 15.9 Å². The highest BCUT2D eigenvalue weighted by Crippen LogP contribution is 2.19. The van der Waals surface area contributed by atoms with Crippen molar-refractivity contribution in [2.75, 3.05) is 25.5 Å². The lowest BCUT2D eigenvalue weighted by molar-refractivity contribution is -0.148. The van der Waals surface area contributed by atoms with Crippen molar-refractivity contribution in [2.24, 2.45) is 0 Å². The summed E-state index contributed by atoms with van der Waals surface area (Å²) in [5.41, 5.74) is 2.37. The van der Waals surface area contributed by atoms with Crippen molar-refractivity contribution in [3.63, 3.8) is 0 Å². The van der Waals surface area contributed by atoms with Gasteiger partial charge in [-0.1, -0.05) is 21.5 Å². The lowest BCUT2D eigenvalue weighted by atomic mass is 10.2. The van der Waals surface area contributed by atoms with Gasteiger partial charge in [-0.3, -0.25) is 9.59 Å². The van der Waals surface area contributed by atoms with Crippen LogP contribution in [-0.2, 0) is 19.1 Å². The van der Waals surface area contributed by atoms with E-state index < -0.39 is 18.5 Å². The maximum Gasteiger partial charge on any atom is 0.331 e. The monoisotopic (exact) mass is 396 g/mol. The minimum Gasteiger partial charge on any atom is -0.452 e. The Bertz CT molecular complexity index is 667. The van der Waals surface area contributed by atoms with Gasteiger partial charge in [0.05, 0.1) is 6.54 Å². The summed E-state index contributed by atoms with van der Waals surface area (Å²) in [4.78, 5) is 36.5. The topological polar surface area (TPSA) is 75.7 Å². The average molecular weight is 397 g/mol. The molecule has 0 atom stereocenters. The van der Waals surface area contributed by atoms with E-state index in [4.69, 9.17) is 4.74 Å². The standard InChI is InChI=1S/C17H21BrN2O4/c1-11(2)7-17(23)24-10-16(22)20(4)9-15(21)19-14-6-5-13(18)8-12(14)3/h5-8H,9-10H2,1-4H3,(H,19,21). The SMILES string of the molecule is CC(C)=CC(=O)OCC(=O)N(C)CC(=O)Nc1ccc(Br)cc1C. The fourth-order valence-electron chi connectivity index (χ4n) is 1.78. The molecule has 1 N–H and O–H groups in total. The summed E-state index contributed by atoms with van der Waals surface area (Å²) in [5.74, 6) is -1.35. The number of amides is 2. The smallest absolute Gasteiger partial charge is 0.331 e. The molecule has 1 rings (SSSR count). The third kappa shape index (κ3) is 6.95. The Hall–Kier alpha value is -2.15. The molecule has 1 aromatic carbocycles. The summed E-state index contributed by atoms with van der Waals surface area (Å²) in [6.07, 6.45) is 1.30. The highest BCUT2D eigenvalue weighted by atomic mass is 79.9. The van der Waals surface area contributed by atoms with Gasteiger partial charge in [0, 0.05) is 23.3 Å². The van der Waals surface area contributed by atoms with E-state index in [2.05, 4.69) is 21.2 Å². The molecule has 0 aliphatic carbocycles. The first-order valence-electron chi connectivity index (χ1n) is 7.30. The van der Waals surface area contributed by atoms with E-state index in [-0.39, 0.29) is 12.5 Å². The zero-order chi connectivity index (χ0) is 18.3. The number of allylic oxidation sites excluding steroid dienone is 1. The summed E-state index contributed by atoms with van der Waals surface area (Å²) in [5, 5.41) is 2.74. The predicted molar refractivity (Wildman–Crippen MR) is 95.5 cm³/mol. The molecule has 0 heterocycles. The second-order valence-corrected chi connectivity index (χ2v) is 6.50. The number of benzene rings is 1. The fraction of sp³-hybridized carbons (Fsp3) is 0.353. The number of carbonyl (C=O) groups excluding carboxylic acids is 3. The van der Waals surface area contributed by atoms with Gasteiger partial charge in [-0.05, 0) is 44.5 Å². The van der Waals surface area contributed by atoms with Crippen molar-refractivity contribution in [3.8, 4) is 0 Å². The van der Waals surface area contributed by atoms with E-state index >= 15 is 0 Å². The number of rotatable bonds is 6. The third-order valence-corrected chi connectivity index (χ3v) is 3.51. The lowest BCUT2D eigenvalue weighted by Gasteiger charge is -2.17. The number of nitrogens with zero attached hydrogens (tertiary/aromatic N) is 1. The van der Waals surface area contributed by atoms with Gasteiger partial charge in [-0.15, -0.1) is 0 Å². The number of esters is 1. The van der Waals surface area contributed by atoms with Crippen LogP contribution in [-0.4, -0.2) is 42.9 Å². The normalized spacial score (nSPS) is 9.88. The third-order valence-electron chi connectivity index (χ3n) is 3.01. The first-order valence-corrected chi connectivity index (χ1v) is 8.10. The number of hydrogen-bond acceptors (Lipinski definition) is 4. The van der Waals surface area contributed by atoms with Crippen LogP contribution in [0.1, 0.15) is 19.4 Å². The summed E-state index contributed by atoms with van der Waals surface area (Å²) >= 11 is 3.35. The van der Waals surface area contributed by atoms with Gasteiger partial charge in [0.25, 0.3) is 5.91 Å². The Labute approximate surface area is 150 Å². The van der Waals surface area contributed by atoms with E-state index in [1.807, 2.05) is 19.1 Å². The molecule has 0 bridgehead atoms. The Morgan fingerprint density at radius 1 is 1.29 bits per heavy atom. The minimum absolute atomic E-state index is 0.130. The van der Waals surface area contributed by atoms with E-state index in [0.29, 0.717) is 5.69 Å². The van der Waals surface area contributed by atoms with Crippen molar-refractivity contribution in [1.29, 1.82) is 0 Å². The number of anilines is 1. The molecule has 0 saturated heterocycles. The number of nitrogens with one attached hydrogen (secondary N) is 1. The summed E-state index contributed by atoms with van der Waals surface area (Å²) in [7, 11) is 1.48. The van der Waals surface area contributed by atoms with Gasteiger partial charge in [-0.25, -0.2) is 4.79 Å². The molecule has 0 aliphatic rings. The summed E-state index contributed by atoms with van der Waals surface area (Å²) in [6.45, 7) is 4.85. The molecule has 7 heteroatoms. The minimum atomic E-state index is -0.577. The molecule has 0 radical (unpaired) electrons. The van der Waals surface area contributed by atoms with Crippen molar-refractivity contribution >= 4 is 39.4 Å². The molecule has 0 saturated carbocycles. The highest BCUT2D eigenvalue weighted by Gasteiger charge is 2.15. The summed E-state index contributed by atoms with van der Waals surface area (Å²) in [6, 6.07) is 5.48. The zero-order valence-corrected chi connectivity index (χ0v) is 15.8. The Morgan fingerprint density at radius 3 is 2.54 bits per heavy atom. The predicted octanol–water partition coefficient (Wildman–Crippen LogP) is 2.66. The van der Waals surface area contributed by atoms with Crippen LogP contribution in [0.4, 0.5) is 5.69 Å². The van der Waals surface area contributed by atoms with E-state index in [0.717, 1.165) is 15.6 Å². The van der Waals surface area contributed by atoms with Crippen LogP contribution in [0.25, 0.3) is 0 Å². The van der Waals surface area contributed by atoms with Gasteiger partial charge < -0.3 is 15.0 Å². The van der Waals surface area contributed by atoms with Crippen molar-refractivity contribution in [1.82, 2.24) is 4.90 Å². The molecule has 24 heavy (non-hydrogen) atoms. The van der Waals surface area contributed by atoms with E-state index in [1.54, 1.807) is 19.9 Å². The van der Waals surface area contributed by atoms with Gasteiger partial charge >= 0.3 is 5.97 Å². The molecule has 2 amide bonds. The molecular formula is C17H21BrN2O4. The molecule has 0 aliphatic heterocycles. The molecule has 0 spiro atoms. The second kappa shape index (κ2) is 9.22. The van der Waals surface area contributed by atoms with Crippen LogP contribution in [0.5, 0.6) is 0 Å². The van der Waals surface area contributed by atoms with Crippen LogP contribution < -0.4 is 5.32 Å². The molecular weight excluding hydrogens is 376 g/mol. The average Bonchev–Trinajstić information content (AvgIpc) is 2.46. The maximum atomic E-state index is 12.0. The molecule has 1 aromatic rings. The first-order chi connectivity index (χ1) is 11.2. The van der Waals surface area contributed by atoms with Crippen LogP contribution in [0.2, 0.25) is 0 Å². The number of hydrogen-bond donors (Lipinski definition) is 1. The van der Waals surface area contributed by atoms with Crippen LogP contribution in [0, 0.1) is 6.92 Å². The first kappa shape index (κ1) is 19.9. The Morgan fingerprint density at radius 2 is 1.96 bits per heavy atom. The molecule has 0 unspecified atom stereocenters. The molecule has 0 fully saturated rings. The van der Waals surface area contributed by atoms with E-state index in [9.17, 15) is 14.4 Å². The lowest BCUT2D eigenvalue weighted by Crippen LogP contribution is -2.37. The largest absolute Gasteiger partial charge is 0.452 e. The quantitative estimate of drug-likeness (QED) is 0.592. The zero-order valence-electron chi connectivity index (χ0n) is 14.2. The van der Waals surface area contributed by atoms with Crippen LogP contribution in [0.3, 0.4) is 0 Å². The van der Waals surface area contributed by atoms with Crippen molar-refractivity contribution in [2.45, 2.75) is 20.8 Å². The Balaban J connectivity index is 2.49. The number of carbonyl (C=O) groups is 3. The van der Waals surface area contributed by atoms with Gasteiger partial charge in [0.1, 0.15) is 0 Å². The number of ether oxygens (including phenoxy) is 1. The Kier molecular flexibility index (Phi) is 7.64. The van der Waals surface area contributed by atoms with Crippen molar-refractivity contribution in [3.05, 3.63) is 39.9 Å². The number of halogens is 1. The van der Waals surface area contributed by atoms with Gasteiger partial charge in [0.15, 0.2) is 6.61 Å². The second-order valence-electron chi connectivity index (χ2n) is 5.59. The van der Waals surface area contributed by atoms with Crippen LogP contribution in [0.15, 0.2) is 34.3 Å². The molecule has 130 valence electrons. The highest BCUT2D eigenvalue weighted by molar-refractivity contribution is 9.10.